The minimum Gasteiger partial charge on any atom is -0.392 e. The minimum atomic E-state index is 0.0890. The lowest BCUT2D eigenvalue weighted by atomic mass is 10.2. The minimum absolute atomic E-state index is 0.0890. The van der Waals surface area contributed by atoms with E-state index in [0.29, 0.717) is 0 Å². The monoisotopic (exact) mass is 321 g/mol. The number of aliphatic hydroxyl groups excluding tert-OH is 1. The average molecular weight is 322 g/mol. The molecule has 92 valence electrons. The van der Waals surface area contributed by atoms with Gasteiger partial charge in [0.15, 0.2) is 0 Å². The molecule has 0 saturated heterocycles. The van der Waals surface area contributed by atoms with Crippen molar-refractivity contribution in [1.82, 2.24) is 4.57 Å². The molecule has 0 radical (unpaired) electrons. The Morgan fingerprint density at radius 1 is 1.22 bits per heavy atom. The van der Waals surface area contributed by atoms with Crippen LogP contribution >= 0.6 is 27.3 Å². The second-order valence-corrected chi connectivity index (χ2v) is 6.14. The zero-order chi connectivity index (χ0) is 12.5. The average Bonchev–Trinajstić information content (AvgIpc) is 2.96. The lowest BCUT2D eigenvalue weighted by molar-refractivity contribution is 0.282. The van der Waals surface area contributed by atoms with E-state index in [-0.39, 0.29) is 6.61 Å². The van der Waals surface area contributed by atoms with Gasteiger partial charge in [-0.1, -0.05) is 12.1 Å². The molecule has 0 aliphatic carbocycles. The molecule has 0 unspecified atom stereocenters. The number of hydrogen-bond acceptors (Lipinski definition) is 2. The zero-order valence-electron chi connectivity index (χ0n) is 9.64. The second kappa shape index (κ2) is 4.88. The highest BCUT2D eigenvalue weighted by atomic mass is 79.9. The van der Waals surface area contributed by atoms with Gasteiger partial charge in [-0.2, -0.15) is 0 Å². The normalized spacial score (nSPS) is 11.2. The summed E-state index contributed by atoms with van der Waals surface area (Å²) < 4.78 is 3.35. The summed E-state index contributed by atoms with van der Waals surface area (Å²) in [5.41, 5.74) is 2.13. The van der Waals surface area contributed by atoms with Gasteiger partial charge in [-0.15, -0.1) is 11.3 Å². The van der Waals surface area contributed by atoms with Gasteiger partial charge >= 0.3 is 0 Å². The molecule has 4 heteroatoms. The fourth-order valence-corrected chi connectivity index (χ4v) is 3.52. The lowest BCUT2D eigenvalue weighted by Crippen LogP contribution is -1.96. The maximum absolute atomic E-state index is 9.21. The van der Waals surface area contributed by atoms with Gasteiger partial charge in [-0.3, -0.25) is 0 Å². The van der Waals surface area contributed by atoms with Gasteiger partial charge in [-0.05, 0) is 45.1 Å². The summed E-state index contributed by atoms with van der Waals surface area (Å²) in [5, 5.41) is 12.5. The van der Waals surface area contributed by atoms with Crippen molar-refractivity contribution in [2.24, 2.45) is 0 Å². The topological polar surface area (TPSA) is 25.2 Å². The van der Waals surface area contributed by atoms with Gasteiger partial charge < -0.3 is 9.67 Å². The molecule has 0 aliphatic rings. The molecule has 0 saturated carbocycles. The first-order valence-electron chi connectivity index (χ1n) is 5.68. The Morgan fingerprint density at radius 3 is 2.83 bits per heavy atom. The summed E-state index contributed by atoms with van der Waals surface area (Å²) in [7, 11) is 0. The summed E-state index contributed by atoms with van der Waals surface area (Å²) in [6.45, 7) is 0.959. The number of thiophene rings is 1. The lowest BCUT2D eigenvalue weighted by Gasteiger charge is -2.04. The summed E-state index contributed by atoms with van der Waals surface area (Å²) in [6, 6.07) is 10.3. The van der Waals surface area contributed by atoms with E-state index in [1.165, 1.54) is 15.8 Å². The Balaban J connectivity index is 2.01. The van der Waals surface area contributed by atoms with Crippen LogP contribution < -0.4 is 0 Å². The SMILES string of the molecule is OCc1ccc2ccn(Cc3cc(Br)cs3)c2c1. The van der Waals surface area contributed by atoms with Crippen molar-refractivity contribution < 1.29 is 5.11 Å². The van der Waals surface area contributed by atoms with E-state index in [2.05, 4.69) is 56.3 Å². The molecular formula is C14H12BrNOS. The molecule has 3 rings (SSSR count). The van der Waals surface area contributed by atoms with Crippen molar-refractivity contribution in [2.45, 2.75) is 13.2 Å². The third-order valence-electron chi connectivity index (χ3n) is 2.97. The molecule has 0 atom stereocenters. The van der Waals surface area contributed by atoms with Crippen molar-refractivity contribution in [3.8, 4) is 0 Å². The molecule has 0 amide bonds. The molecule has 3 aromatic rings. The maximum atomic E-state index is 9.21. The smallest absolute Gasteiger partial charge is 0.0682 e. The predicted molar refractivity (Wildman–Crippen MR) is 79.0 cm³/mol. The van der Waals surface area contributed by atoms with Crippen LogP contribution in [0.4, 0.5) is 0 Å². The third kappa shape index (κ3) is 2.23. The van der Waals surface area contributed by atoms with Gasteiger partial charge in [0.2, 0.25) is 0 Å². The van der Waals surface area contributed by atoms with Crippen LogP contribution in [0.3, 0.4) is 0 Å². The van der Waals surface area contributed by atoms with E-state index in [1.807, 2.05) is 6.07 Å². The Labute approximate surface area is 118 Å². The van der Waals surface area contributed by atoms with Gasteiger partial charge in [0, 0.05) is 26.4 Å². The Hall–Kier alpha value is -1.10. The zero-order valence-corrected chi connectivity index (χ0v) is 12.0. The number of nitrogens with zero attached hydrogens (tertiary/aromatic N) is 1. The Morgan fingerprint density at radius 2 is 2.11 bits per heavy atom. The molecule has 2 heterocycles. The largest absolute Gasteiger partial charge is 0.392 e. The highest BCUT2D eigenvalue weighted by Crippen LogP contribution is 2.23. The summed E-state index contributed by atoms with van der Waals surface area (Å²) >= 11 is 5.23. The molecule has 1 N–H and O–H groups in total. The number of aliphatic hydroxyl groups is 1. The standard InChI is InChI=1S/C14H12BrNOS/c15-12-6-13(18-9-12)7-16-4-3-11-2-1-10(8-17)5-14(11)16/h1-6,9,17H,7-8H2. The number of hydrogen-bond donors (Lipinski definition) is 1. The van der Waals surface area contributed by atoms with Crippen LogP contribution in [-0.2, 0) is 13.2 Å². The molecule has 1 aromatic carbocycles. The Bertz CT molecular complexity index is 686. The van der Waals surface area contributed by atoms with Gasteiger partial charge in [0.05, 0.1) is 13.2 Å². The molecule has 18 heavy (non-hydrogen) atoms. The van der Waals surface area contributed by atoms with E-state index in [1.54, 1.807) is 11.3 Å². The third-order valence-corrected chi connectivity index (χ3v) is 4.65. The van der Waals surface area contributed by atoms with Crippen LogP contribution in [0.25, 0.3) is 10.9 Å². The molecule has 0 bridgehead atoms. The predicted octanol–water partition coefficient (Wildman–Crippen LogP) is 4.01. The fourth-order valence-electron chi connectivity index (χ4n) is 2.07. The number of benzene rings is 1. The fraction of sp³-hybridized carbons (Fsp3) is 0.143. The van der Waals surface area contributed by atoms with E-state index in [4.69, 9.17) is 0 Å². The van der Waals surface area contributed by atoms with Crippen molar-refractivity contribution in [2.75, 3.05) is 0 Å². The molecule has 0 fully saturated rings. The van der Waals surface area contributed by atoms with Gasteiger partial charge in [0.25, 0.3) is 0 Å². The summed E-state index contributed by atoms with van der Waals surface area (Å²) in [6.07, 6.45) is 2.10. The Kier molecular flexibility index (Phi) is 3.24. The van der Waals surface area contributed by atoms with Crippen molar-refractivity contribution in [3.05, 3.63) is 56.8 Å². The van der Waals surface area contributed by atoms with Gasteiger partial charge in [0.1, 0.15) is 0 Å². The molecule has 2 nitrogen and oxygen atoms in total. The van der Waals surface area contributed by atoms with Gasteiger partial charge in [-0.25, -0.2) is 0 Å². The number of halogens is 1. The summed E-state index contributed by atoms with van der Waals surface area (Å²) in [4.78, 5) is 1.31. The number of fused-ring (bicyclic) bond motifs is 1. The van der Waals surface area contributed by atoms with E-state index in [0.717, 1.165) is 16.6 Å². The van der Waals surface area contributed by atoms with Crippen LogP contribution in [0.5, 0.6) is 0 Å². The van der Waals surface area contributed by atoms with Crippen molar-refractivity contribution >= 4 is 38.2 Å². The first kappa shape index (κ1) is 12.0. The number of aromatic nitrogens is 1. The van der Waals surface area contributed by atoms with Crippen LogP contribution in [0.1, 0.15) is 10.4 Å². The molecule has 2 aromatic heterocycles. The highest BCUT2D eigenvalue weighted by molar-refractivity contribution is 9.10. The number of rotatable bonds is 3. The maximum Gasteiger partial charge on any atom is 0.0682 e. The summed E-state index contributed by atoms with van der Waals surface area (Å²) in [5.74, 6) is 0. The van der Waals surface area contributed by atoms with E-state index >= 15 is 0 Å². The highest BCUT2D eigenvalue weighted by Gasteiger charge is 2.04. The van der Waals surface area contributed by atoms with Crippen LogP contribution in [-0.4, -0.2) is 9.67 Å². The van der Waals surface area contributed by atoms with Crippen molar-refractivity contribution in [1.29, 1.82) is 0 Å². The first-order chi connectivity index (χ1) is 8.76. The quantitative estimate of drug-likeness (QED) is 0.774. The second-order valence-electron chi connectivity index (χ2n) is 4.23. The van der Waals surface area contributed by atoms with Crippen molar-refractivity contribution in [3.63, 3.8) is 0 Å². The van der Waals surface area contributed by atoms with Crippen LogP contribution in [0.15, 0.2) is 46.4 Å². The van der Waals surface area contributed by atoms with Crippen LogP contribution in [0, 0.1) is 0 Å². The molecule has 0 aliphatic heterocycles. The molecule has 0 spiro atoms. The van der Waals surface area contributed by atoms with Crippen LogP contribution in [0.2, 0.25) is 0 Å². The molecular weight excluding hydrogens is 310 g/mol. The van der Waals surface area contributed by atoms with E-state index in [9.17, 15) is 5.11 Å². The van der Waals surface area contributed by atoms with E-state index < -0.39 is 0 Å². The first-order valence-corrected chi connectivity index (χ1v) is 7.35.